The van der Waals surface area contributed by atoms with Crippen LogP contribution < -0.4 is 0 Å². The fraction of sp³-hybridized carbons (Fsp3) is 0.278. The summed E-state index contributed by atoms with van der Waals surface area (Å²) in [5.41, 5.74) is 2.44. The maximum Gasteiger partial charge on any atom is 0.312 e. The molecule has 6 heteroatoms. The topological polar surface area (TPSA) is 79.6 Å². The van der Waals surface area contributed by atoms with Crippen LogP contribution in [0.2, 0.25) is 0 Å². The zero-order valence-electron chi connectivity index (χ0n) is 13.5. The average Bonchev–Trinajstić information content (AvgIpc) is 2.95. The number of carboxylic acids is 1. The Labute approximate surface area is 139 Å². The van der Waals surface area contributed by atoms with Crippen molar-refractivity contribution in [2.75, 3.05) is 6.54 Å². The number of nitrogens with zero attached hydrogens (tertiary/aromatic N) is 2. The summed E-state index contributed by atoms with van der Waals surface area (Å²) in [6.07, 6.45) is 1.61. The van der Waals surface area contributed by atoms with E-state index in [0.29, 0.717) is 17.8 Å². The standard InChI is InChI=1S/C18H18N2O4/c1-11(21)13-7-16(19(2)8-13)17(22)20-9-12-5-3-4-6-14(12)15(10-20)18(23)24/h3-8,15H,9-10H2,1-2H3,(H,23,24). The van der Waals surface area contributed by atoms with E-state index in [1.807, 2.05) is 18.2 Å². The Kier molecular flexibility index (Phi) is 3.97. The number of benzene rings is 1. The first-order valence-corrected chi connectivity index (χ1v) is 7.65. The van der Waals surface area contributed by atoms with E-state index < -0.39 is 11.9 Å². The highest BCUT2D eigenvalue weighted by atomic mass is 16.4. The van der Waals surface area contributed by atoms with Crippen LogP contribution >= 0.6 is 0 Å². The molecule has 24 heavy (non-hydrogen) atoms. The van der Waals surface area contributed by atoms with Gasteiger partial charge in [0.2, 0.25) is 0 Å². The van der Waals surface area contributed by atoms with E-state index in [-0.39, 0.29) is 18.2 Å². The third kappa shape index (κ3) is 2.71. The second-order valence-corrected chi connectivity index (χ2v) is 6.06. The first-order chi connectivity index (χ1) is 11.4. The third-order valence-electron chi connectivity index (χ3n) is 4.41. The fourth-order valence-corrected chi connectivity index (χ4v) is 3.10. The summed E-state index contributed by atoms with van der Waals surface area (Å²) >= 11 is 0. The lowest BCUT2D eigenvalue weighted by Crippen LogP contribution is -2.41. The summed E-state index contributed by atoms with van der Waals surface area (Å²) < 4.78 is 1.61. The maximum absolute atomic E-state index is 12.8. The average molecular weight is 326 g/mol. The second-order valence-electron chi connectivity index (χ2n) is 6.06. The highest BCUT2D eigenvalue weighted by Gasteiger charge is 2.33. The van der Waals surface area contributed by atoms with Crippen LogP contribution in [0, 0.1) is 0 Å². The van der Waals surface area contributed by atoms with Gasteiger partial charge in [0.05, 0.1) is 5.92 Å². The monoisotopic (exact) mass is 326 g/mol. The van der Waals surface area contributed by atoms with Gasteiger partial charge in [-0.15, -0.1) is 0 Å². The molecule has 1 N–H and O–H groups in total. The minimum absolute atomic E-state index is 0.114. The molecular formula is C18H18N2O4. The van der Waals surface area contributed by atoms with Gasteiger partial charge >= 0.3 is 5.97 Å². The van der Waals surface area contributed by atoms with E-state index in [0.717, 1.165) is 11.1 Å². The molecule has 0 saturated heterocycles. The Morgan fingerprint density at radius 3 is 2.54 bits per heavy atom. The number of hydrogen-bond donors (Lipinski definition) is 1. The van der Waals surface area contributed by atoms with Crippen LogP contribution in [0.5, 0.6) is 0 Å². The van der Waals surface area contributed by atoms with Crippen molar-refractivity contribution < 1.29 is 19.5 Å². The number of aliphatic carboxylic acids is 1. The molecule has 1 unspecified atom stereocenters. The normalized spacial score (nSPS) is 16.6. The molecule has 1 aliphatic rings. The fourth-order valence-electron chi connectivity index (χ4n) is 3.10. The van der Waals surface area contributed by atoms with E-state index in [1.165, 1.54) is 11.8 Å². The zero-order valence-corrected chi connectivity index (χ0v) is 13.5. The summed E-state index contributed by atoms with van der Waals surface area (Å²) in [5, 5.41) is 9.50. The number of hydrogen-bond acceptors (Lipinski definition) is 3. The van der Waals surface area contributed by atoms with E-state index in [4.69, 9.17) is 0 Å². The summed E-state index contributed by atoms with van der Waals surface area (Å²) in [5.74, 6) is -2.08. The van der Waals surface area contributed by atoms with Crippen LogP contribution in [0.1, 0.15) is 44.8 Å². The van der Waals surface area contributed by atoms with Gasteiger partial charge in [0.1, 0.15) is 5.69 Å². The van der Waals surface area contributed by atoms with Crippen molar-refractivity contribution in [3.8, 4) is 0 Å². The van der Waals surface area contributed by atoms with Crippen molar-refractivity contribution in [3.05, 3.63) is 58.9 Å². The number of ketones is 1. The van der Waals surface area contributed by atoms with Gasteiger partial charge in [0, 0.05) is 31.9 Å². The van der Waals surface area contributed by atoms with Crippen molar-refractivity contribution in [3.63, 3.8) is 0 Å². The van der Waals surface area contributed by atoms with Crippen LogP contribution in [0.4, 0.5) is 0 Å². The Morgan fingerprint density at radius 1 is 1.21 bits per heavy atom. The Balaban J connectivity index is 1.94. The molecule has 1 aromatic heterocycles. The number of carbonyl (C=O) groups excluding carboxylic acids is 2. The zero-order chi connectivity index (χ0) is 17.4. The SMILES string of the molecule is CC(=O)c1cc(C(=O)N2Cc3ccccc3C(C(=O)O)C2)n(C)c1. The highest BCUT2D eigenvalue weighted by Crippen LogP contribution is 2.29. The molecule has 0 saturated carbocycles. The lowest BCUT2D eigenvalue weighted by molar-refractivity contribution is -0.139. The molecule has 1 amide bonds. The predicted octanol–water partition coefficient (Wildman–Crippen LogP) is 2.05. The number of Topliss-reactive ketones (excluding diaryl/α,β-unsaturated/α-hetero) is 1. The van der Waals surface area contributed by atoms with Crippen LogP contribution in [0.15, 0.2) is 36.5 Å². The van der Waals surface area contributed by atoms with Gasteiger partial charge in [-0.25, -0.2) is 0 Å². The minimum Gasteiger partial charge on any atom is -0.481 e. The van der Waals surface area contributed by atoms with Crippen LogP contribution in [-0.4, -0.2) is 38.8 Å². The lowest BCUT2D eigenvalue weighted by Gasteiger charge is -2.32. The molecule has 0 fully saturated rings. The number of aryl methyl sites for hydroxylation is 1. The van der Waals surface area contributed by atoms with E-state index in [9.17, 15) is 19.5 Å². The van der Waals surface area contributed by atoms with Crippen molar-refractivity contribution in [2.24, 2.45) is 7.05 Å². The van der Waals surface area contributed by atoms with Crippen molar-refractivity contribution in [1.82, 2.24) is 9.47 Å². The van der Waals surface area contributed by atoms with Gasteiger partial charge < -0.3 is 14.6 Å². The molecule has 1 aliphatic heterocycles. The maximum atomic E-state index is 12.8. The summed E-state index contributed by atoms with van der Waals surface area (Å²) in [4.78, 5) is 37.5. The largest absolute Gasteiger partial charge is 0.481 e. The van der Waals surface area contributed by atoms with Crippen LogP contribution in [-0.2, 0) is 18.4 Å². The number of fused-ring (bicyclic) bond motifs is 1. The summed E-state index contributed by atoms with van der Waals surface area (Å²) in [6, 6.07) is 8.84. The second kappa shape index (κ2) is 5.96. The summed E-state index contributed by atoms with van der Waals surface area (Å²) in [6.45, 7) is 1.92. The van der Waals surface area contributed by atoms with Gasteiger partial charge in [0.25, 0.3) is 5.91 Å². The lowest BCUT2D eigenvalue weighted by atomic mass is 9.89. The molecule has 1 aromatic carbocycles. The van der Waals surface area contributed by atoms with Crippen molar-refractivity contribution in [1.29, 1.82) is 0 Å². The third-order valence-corrected chi connectivity index (χ3v) is 4.41. The molecule has 1 atom stereocenters. The van der Waals surface area contributed by atoms with E-state index in [1.54, 1.807) is 29.9 Å². The van der Waals surface area contributed by atoms with Gasteiger partial charge in [-0.2, -0.15) is 0 Å². The molecule has 6 nitrogen and oxygen atoms in total. The quantitative estimate of drug-likeness (QED) is 0.876. The Hall–Kier alpha value is -2.89. The van der Waals surface area contributed by atoms with Gasteiger partial charge in [-0.1, -0.05) is 24.3 Å². The molecule has 2 heterocycles. The minimum atomic E-state index is -0.948. The molecule has 124 valence electrons. The highest BCUT2D eigenvalue weighted by molar-refractivity contribution is 5.99. The summed E-state index contributed by atoms with van der Waals surface area (Å²) in [7, 11) is 1.70. The van der Waals surface area contributed by atoms with E-state index in [2.05, 4.69) is 0 Å². The smallest absolute Gasteiger partial charge is 0.312 e. The van der Waals surface area contributed by atoms with Gasteiger partial charge in [-0.3, -0.25) is 14.4 Å². The number of rotatable bonds is 3. The van der Waals surface area contributed by atoms with E-state index >= 15 is 0 Å². The number of carboxylic acid groups (broad SMARTS) is 1. The first-order valence-electron chi connectivity index (χ1n) is 7.65. The van der Waals surface area contributed by atoms with Crippen molar-refractivity contribution in [2.45, 2.75) is 19.4 Å². The first kappa shape index (κ1) is 16.0. The molecule has 0 spiro atoms. The van der Waals surface area contributed by atoms with Crippen LogP contribution in [0.3, 0.4) is 0 Å². The van der Waals surface area contributed by atoms with Crippen molar-refractivity contribution >= 4 is 17.7 Å². The predicted molar refractivity (Wildman–Crippen MR) is 87.0 cm³/mol. The Morgan fingerprint density at radius 2 is 1.92 bits per heavy atom. The molecule has 0 aliphatic carbocycles. The van der Waals surface area contributed by atoms with Crippen LogP contribution in [0.25, 0.3) is 0 Å². The Bertz CT molecular complexity index is 837. The molecule has 0 bridgehead atoms. The van der Waals surface area contributed by atoms with Gasteiger partial charge in [-0.05, 0) is 24.1 Å². The molecule has 0 radical (unpaired) electrons. The number of carbonyl (C=O) groups is 3. The molecular weight excluding hydrogens is 308 g/mol. The number of aromatic nitrogens is 1. The molecule has 3 rings (SSSR count). The number of amides is 1. The molecule has 2 aromatic rings. The van der Waals surface area contributed by atoms with Gasteiger partial charge in [0.15, 0.2) is 5.78 Å².